The maximum absolute atomic E-state index is 12.7. The van der Waals surface area contributed by atoms with Crippen LogP contribution in [0.5, 0.6) is 0 Å². The largest absolute Gasteiger partial charge is 0.312 e. The number of hydrogen-bond donors (Lipinski definition) is 1. The van der Waals surface area contributed by atoms with Crippen LogP contribution >= 0.6 is 0 Å². The van der Waals surface area contributed by atoms with Crippen LogP contribution in [-0.4, -0.2) is 20.2 Å². The second-order valence-corrected chi connectivity index (χ2v) is 5.78. The van der Waals surface area contributed by atoms with Gasteiger partial charge in [0.15, 0.2) is 15.7 Å². The molecule has 0 saturated carbocycles. The van der Waals surface area contributed by atoms with E-state index in [-0.39, 0.29) is 11.0 Å². The monoisotopic (exact) mass is 279 g/mol. The van der Waals surface area contributed by atoms with Crippen LogP contribution in [0.2, 0.25) is 0 Å². The third-order valence-electron chi connectivity index (χ3n) is 2.24. The summed E-state index contributed by atoms with van der Waals surface area (Å²) in [5.41, 5.74) is 6.05. The lowest BCUT2D eigenvalue weighted by Crippen LogP contribution is -2.29. The number of benzene rings is 1. The molecule has 0 aliphatic heterocycles. The topological polar surface area (TPSA) is 60.2 Å². The predicted molar refractivity (Wildman–Crippen MR) is 61.5 cm³/mol. The molecule has 0 heterocycles. The highest BCUT2D eigenvalue weighted by Gasteiger charge is 2.24. The Morgan fingerprint density at radius 1 is 1.28 bits per heavy atom. The van der Waals surface area contributed by atoms with Crippen molar-refractivity contribution in [3.8, 4) is 0 Å². The molecule has 0 fully saturated rings. The molecule has 7 heteroatoms. The van der Waals surface area contributed by atoms with Crippen LogP contribution in [0.4, 0.5) is 13.2 Å². The summed E-state index contributed by atoms with van der Waals surface area (Å²) in [6.07, 6.45) is -3.16. The molecule has 1 aromatic rings. The summed E-state index contributed by atoms with van der Waals surface area (Å²) >= 11 is 0. The van der Waals surface area contributed by atoms with Gasteiger partial charge in [0.05, 0.1) is 4.90 Å². The van der Waals surface area contributed by atoms with Gasteiger partial charge >= 0.3 is 0 Å². The van der Waals surface area contributed by atoms with Gasteiger partial charge in [-0.05, 0) is 25.1 Å². The van der Waals surface area contributed by atoms with Gasteiger partial charge < -0.3 is 5.73 Å². The minimum absolute atomic E-state index is 0.140. The van der Waals surface area contributed by atoms with Crippen LogP contribution in [0.25, 0.3) is 0 Å². The van der Waals surface area contributed by atoms with Crippen LogP contribution in [0.3, 0.4) is 0 Å². The van der Waals surface area contributed by atoms with E-state index in [2.05, 4.69) is 0 Å². The predicted octanol–water partition coefficient (Wildman–Crippen LogP) is 2.17. The lowest BCUT2D eigenvalue weighted by Gasteiger charge is -2.09. The Balaban J connectivity index is 3.07. The van der Waals surface area contributed by atoms with Crippen molar-refractivity contribution in [1.29, 1.82) is 0 Å². The molecule has 0 saturated heterocycles. The number of hydrogen-bond acceptors (Lipinski definition) is 3. The van der Waals surface area contributed by atoms with E-state index in [1.54, 1.807) is 6.92 Å². The molecule has 1 atom stereocenters. The molecule has 3 nitrogen and oxygen atoms in total. The van der Waals surface area contributed by atoms with Gasteiger partial charge in [-0.2, -0.15) is 0 Å². The minimum Gasteiger partial charge on any atom is -0.312 e. The number of alkyl halides is 2. The van der Waals surface area contributed by atoms with Crippen molar-refractivity contribution in [2.45, 2.75) is 23.6 Å². The first-order valence-corrected chi connectivity index (χ1v) is 6.51. The molecular formula is C11H12F3NO2S. The molecule has 0 aromatic heterocycles. The smallest absolute Gasteiger partial charge is 0.289 e. The average molecular weight is 279 g/mol. The number of halogens is 3. The van der Waals surface area contributed by atoms with Crippen molar-refractivity contribution in [2.75, 3.05) is 0 Å². The van der Waals surface area contributed by atoms with Gasteiger partial charge in [-0.1, -0.05) is 17.7 Å². The minimum atomic E-state index is -4.06. The second kappa shape index (κ2) is 5.53. The van der Waals surface area contributed by atoms with Crippen molar-refractivity contribution in [1.82, 2.24) is 0 Å². The highest BCUT2D eigenvalue weighted by atomic mass is 32.2. The average Bonchev–Trinajstić information content (AvgIpc) is 2.29. The second-order valence-electron chi connectivity index (χ2n) is 3.67. The molecule has 0 radical (unpaired) electrons. The van der Waals surface area contributed by atoms with E-state index in [1.807, 2.05) is 0 Å². The molecule has 0 amide bonds. The first-order chi connectivity index (χ1) is 8.25. The summed E-state index contributed by atoms with van der Waals surface area (Å²) in [5, 5.41) is -1.84. The van der Waals surface area contributed by atoms with Gasteiger partial charge in [0.25, 0.3) is 6.43 Å². The number of allylic oxidation sites excluding steroid dienone is 1. The van der Waals surface area contributed by atoms with Crippen LogP contribution < -0.4 is 5.73 Å². The van der Waals surface area contributed by atoms with Gasteiger partial charge in [-0.15, -0.1) is 0 Å². The number of aryl methyl sites for hydroxylation is 1. The molecule has 0 bridgehead atoms. The lowest BCUT2D eigenvalue weighted by atomic mass is 10.2. The molecular weight excluding hydrogens is 267 g/mol. The summed E-state index contributed by atoms with van der Waals surface area (Å²) in [4.78, 5) is -0.140. The fourth-order valence-electron chi connectivity index (χ4n) is 1.20. The first-order valence-electron chi connectivity index (χ1n) is 4.96. The summed E-state index contributed by atoms with van der Waals surface area (Å²) in [6.45, 7) is 1.76. The van der Waals surface area contributed by atoms with E-state index in [1.165, 1.54) is 24.3 Å². The zero-order valence-electron chi connectivity index (χ0n) is 9.48. The van der Waals surface area contributed by atoms with E-state index in [4.69, 9.17) is 5.73 Å². The van der Waals surface area contributed by atoms with Crippen LogP contribution in [-0.2, 0) is 9.84 Å². The standard InChI is InChI=1S/C11H12F3NO2S/c1-7-2-4-8(5-3-7)18(16,17)10(15)6-9(12)11(13)14/h2-6,10-11H,15H2,1H3/b9-6-. The van der Waals surface area contributed by atoms with E-state index in [0.717, 1.165) is 5.56 Å². The van der Waals surface area contributed by atoms with Gasteiger partial charge in [0.2, 0.25) is 0 Å². The van der Waals surface area contributed by atoms with E-state index >= 15 is 0 Å². The fraction of sp³-hybridized carbons (Fsp3) is 0.273. The Morgan fingerprint density at radius 2 is 1.78 bits per heavy atom. The molecule has 1 rings (SSSR count). The Hall–Kier alpha value is -1.34. The van der Waals surface area contributed by atoms with E-state index < -0.39 is 27.5 Å². The molecule has 1 aromatic carbocycles. The Bertz CT molecular complexity index is 538. The third kappa shape index (κ3) is 3.33. The first kappa shape index (κ1) is 14.7. The molecule has 0 aliphatic rings. The van der Waals surface area contributed by atoms with E-state index in [0.29, 0.717) is 0 Å². The Morgan fingerprint density at radius 3 is 2.22 bits per heavy atom. The number of nitrogens with two attached hydrogens (primary N) is 1. The fourth-order valence-corrected chi connectivity index (χ4v) is 2.34. The zero-order chi connectivity index (χ0) is 13.9. The van der Waals surface area contributed by atoms with Gasteiger partial charge in [0, 0.05) is 0 Å². The molecule has 100 valence electrons. The maximum Gasteiger partial charge on any atom is 0.289 e. The van der Waals surface area contributed by atoms with Crippen molar-refractivity contribution in [3.05, 3.63) is 41.7 Å². The summed E-state index contributed by atoms with van der Waals surface area (Å²) in [7, 11) is -4.06. The van der Waals surface area contributed by atoms with Crippen LogP contribution in [0.1, 0.15) is 5.56 Å². The maximum atomic E-state index is 12.7. The summed E-state index contributed by atoms with van der Waals surface area (Å²) < 4.78 is 60.2. The van der Waals surface area contributed by atoms with Gasteiger partial charge in [0.1, 0.15) is 5.37 Å². The Labute approximate surface area is 103 Å². The highest BCUT2D eigenvalue weighted by Crippen LogP contribution is 2.18. The normalized spacial score (nSPS) is 14.9. The van der Waals surface area contributed by atoms with Crippen LogP contribution in [0, 0.1) is 6.92 Å². The molecule has 18 heavy (non-hydrogen) atoms. The van der Waals surface area contributed by atoms with Gasteiger partial charge in [-0.25, -0.2) is 21.6 Å². The Kier molecular flexibility index (Phi) is 4.53. The molecule has 0 spiro atoms. The molecule has 0 aliphatic carbocycles. The quantitative estimate of drug-likeness (QED) is 0.919. The van der Waals surface area contributed by atoms with Gasteiger partial charge in [-0.3, -0.25) is 0 Å². The highest BCUT2D eigenvalue weighted by molar-refractivity contribution is 7.92. The lowest BCUT2D eigenvalue weighted by molar-refractivity contribution is 0.158. The number of rotatable bonds is 4. The summed E-state index contributed by atoms with van der Waals surface area (Å²) in [6, 6.07) is 5.65. The number of sulfone groups is 1. The van der Waals surface area contributed by atoms with Crippen molar-refractivity contribution >= 4 is 9.84 Å². The summed E-state index contributed by atoms with van der Waals surface area (Å²) in [5.74, 6) is -1.85. The molecule has 1 unspecified atom stereocenters. The molecule has 2 N–H and O–H groups in total. The van der Waals surface area contributed by atoms with Crippen LogP contribution in [0.15, 0.2) is 41.1 Å². The van der Waals surface area contributed by atoms with Crippen molar-refractivity contribution in [2.24, 2.45) is 5.73 Å². The van der Waals surface area contributed by atoms with E-state index in [9.17, 15) is 21.6 Å². The van der Waals surface area contributed by atoms with Crippen molar-refractivity contribution < 1.29 is 21.6 Å². The van der Waals surface area contributed by atoms with Crippen molar-refractivity contribution in [3.63, 3.8) is 0 Å². The zero-order valence-corrected chi connectivity index (χ0v) is 10.3. The SMILES string of the molecule is Cc1ccc(S(=O)(=O)C(N)/C=C(\F)C(F)F)cc1. The third-order valence-corrected chi connectivity index (χ3v) is 4.02.